The van der Waals surface area contributed by atoms with Crippen LogP contribution in [0.3, 0.4) is 0 Å². The molecular formula is C31H63NO8P+. The van der Waals surface area contributed by atoms with Gasteiger partial charge in [0.2, 0.25) is 0 Å². The molecule has 0 saturated heterocycles. The van der Waals surface area contributed by atoms with E-state index in [-0.39, 0.29) is 25.6 Å². The molecule has 0 heterocycles. The molecule has 0 aliphatic carbocycles. The molecule has 0 radical (unpaired) electrons. The highest BCUT2D eigenvalue weighted by atomic mass is 31.2. The second kappa shape index (κ2) is 25.5. The molecule has 244 valence electrons. The molecule has 0 bridgehead atoms. The second-order valence-corrected chi connectivity index (χ2v) is 13.7. The molecule has 0 spiro atoms. The van der Waals surface area contributed by atoms with Crippen molar-refractivity contribution in [2.24, 2.45) is 0 Å². The van der Waals surface area contributed by atoms with E-state index in [0.29, 0.717) is 23.9 Å². The quantitative estimate of drug-likeness (QED) is 0.0398. The van der Waals surface area contributed by atoms with Crippen LogP contribution in [0.1, 0.15) is 136 Å². The predicted octanol–water partition coefficient (Wildman–Crippen LogP) is 7.73. The Bertz CT molecular complexity index is 698. The van der Waals surface area contributed by atoms with Crippen molar-refractivity contribution >= 4 is 19.8 Å². The molecule has 0 aliphatic rings. The third kappa shape index (κ3) is 28.9. The van der Waals surface area contributed by atoms with E-state index in [1.807, 2.05) is 21.1 Å². The van der Waals surface area contributed by atoms with Gasteiger partial charge in [0.25, 0.3) is 0 Å². The number of esters is 2. The number of rotatable bonds is 29. The Kier molecular flexibility index (Phi) is 24.9. The Morgan fingerprint density at radius 1 is 0.659 bits per heavy atom. The Labute approximate surface area is 251 Å². The van der Waals surface area contributed by atoms with Crippen LogP contribution < -0.4 is 0 Å². The first kappa shape index (κ1) is 40.0. The lowest BCUT2D eigenvalue weighted by molar-refractivity contribution is -0.870. The molecule has 0 saturated carbocycles. The van der Waals surface area contributed by atoms with Gasteiger partial charge >= 0.3 is 19.8 Å². The number of hydrogen-bond donors (Lipinski definition) is 1. The van der Waals surface area contributed by atoms with Crippen LogP contribution in [0.5, 0.6) is 0 Å². The normalized spacial score (nSPS) is 14.0. The van der Waals surface area contributed by atoms with Crippen molar-refractivity contribution in [1.82, 2.24) is 0 Å². The molecule has 0 fully saturated rings. The summed E-state index contributed by atoms with van der Waals surface area (Å²) in [5.74, 6) is -0.807. The highest BCUT2D eigenvalue weighted by Crippen LogP contribution is 2.43. The van der Waals surface area contributed by atoms with E-state index in [9.17, 15) is 19.0 Å². The number of likely N-dealkylation sites (N-methyl/N-ethyl adjacent to an activating group) is 1. The SMILES string of the molecule is CCCCCCCCCCCCCC(=O)OC(COC(=O)CCCCCCCC)COP(=O)(O)OCC[N+](C)(C)C. The largest absolute Gasteiger partial charge is 0.472 e. The number of quaternary nitrogens is 1. The fourth-order valence-corrected chi connectivity index (χ4v) is 4.99. The minimum atomic E-state index is -4.34. The third-order valence-electron chi connectivity index (χ3n) is 6.89. The van der Waals surface area contributed by atoms with Crippen molar-refractivity contribution in [2.45, 2.75) is 142 Å². The summed E-state index contributed by atoms with van der Waals surface area (Å²) in [6.07, 6.45) is 18.9. The van der Waals surface area contributed by atoms with E-state index in [4.69, 9.17) is 18.5 Å². The van der Waals surface area contributed by atoms with Crippen molar-refractivity contribution < 1.29 is 42.1 Å². The van der Waals surface area contributed by atoms with Crippen LogP contribution in [0.4, 0.5) is 0 Å². The summed E-state index contributed by atoms with van der Waals surface area (Å²) in [6.45, 7) is 4.32. The van der Waals surface area contributed by atoms with Gasteiger partial charge in [0.15, 0.2) is 6.10 Å². The maximum absolute atomic E-state index is 12.5. The summed E-state index contributed by atoms with van der Waals surface area (Å²) in [4.78, 5) is 34.7. The minimum absolute atomic E-state index is 0.0355. The summed E-state index contributed by atoms with van der Waals surface area (Å²) in [6, 6.07) is 0. The predicted molar refractivity (Wildman–Crippen MR) is 165 cm³/mol. The van der Waals surface area contributed by atoms with Gasteiger partial charge in [-0.3, -0.25) is 18.6 Å². The molecule has 0 rings (SSSR count). The van der Waals surface area contributed by atoms with Crippen LogP contribution in [0.2, 0.25) is 0 Å². The zero-order valence-corrected chi connectivity index (χ0v) is 27.9. The van der Waals surface area contributed by atoms with E-state index in [1.165, 1.54) is 64.2 Å². The van der Waals surface area contributed by atoms with Gasteiger partial charge in [0.05, 0.1) is 27.7 Å². The molecule has 2 atom stereocenters. The summed E-state index contributed by atoms with van der Waals surface area (Å²) in [7, 11) is 1.48. The first-order chi connectivity index (χ1) is 19.5. The number of ether oxygens (including phenoxy) is 2. The minimum Gasteiger partial charge on any atom is -0.462 e. The molecule has 0 aromatic rings. The fraction of sp³-hybridized carbons (Fsp3) is 0.935. The number of hydrogen-bond acceptors (Lipinski definition) is 7. The van der Waals surface area contributed by atoms with Gasteiger partial charge < -0.3 is 18.9 Å². The van der Waals surface area contributed by atoms with E-state index in [0.717, 1.165) is 38.5 Å². The summed E-state index contributed by atoms with van der Waals surface area (Å²) >= 11 is 0. The van der Waals surface area contributed by atoms with E-state index in [2.05, 4.69) is 13.8 Å². The summed E-state index contributed by atoms with van der Waals surface area (Å²) in [5, 5.41) is 0. The van der Waals surface area contributed by atoms with Crippen LogP contribution in [-0.2, 0) is 32.7 Å². The maximum Gasteiger partial charge on any atom is 0.472 e. The number of unbranched alkanes of at least 4 members (excludes halogenated alkanes) is 15. The molecule has 41 heavy (non-hydrogen) atoms. The van der Waals surface area contributed by atoms with Crippen molar-refractivity contribution in [1.29, 1.82) is 0 Å². The number of phosphoric acid groups is 1. The highest BCUT2D eigenvalue weighted by molar-refractivity contribution is 7.47. The van der Waals surface area contributed by atoms with Gasteiger partial charge in [-0.25, -0.2) is 4.57 Å². The Hall–Kier alpha value is -0.990. The van der Waals surface area contributed by atoms with E-state index < -0.39 is 26.5 Å². The van der Waals surface area contributed by atoms with Gasteiger partial charge in [0, 0.05) is 12.8 Å². The highest BCUT2D eigenvalue weighted by Gasteiger charge is 2.27. The smallest absolute Gasteiger partial charge is 0.462 e. The van der Waals surface area contributed by atoms with Gasteiger partial charge in [-0.1, -0.05) is 110 Å². The monoisotopic (exact) mass is 608 g/mol. The first-order valence-electron chi connectivity index (χ1n) is 16.3. The summed E-state index contributed by atoms with van der Waals surface area (Å²) < 4.78 is 33.8. The molecule has 10 heteroatoms. The lowest BCUT2D eigenvalue weighted by Crippen LogP contribution is -2.37. The average molecular weight is 609 g/mol. The van der Waals surface area contributed by atoms with Gasteiger partial charge in [-0.05, 0) is 12.8 Å². The van der Waals surface area contributed by atoms with Crippen LogP contribution in [0, 0.1) is 0 Å². The Morgan fingerprint density at radius 2 is 1.10 bits per heavy atom. The van der Waals surface area contributed by atoms with Crippen molar-refractivity contribution in [2.75, 3.05) is 47.5 Å². The Balaban J connectivity index is 4.49. The number of carbonyl (C=O) groups excluding carboxylic acids is 2. The number of carbonyl (C=O) groups is 2. The van der Waals surface area contributed by atoms with Crippen molar-refractivity contribution in [3.8, 4) is 0 Å². The fourth-order valence-electron chi connectivity index (χ4n) is 4.25. The lowest BCUT2D eigenvalue weighted by Gasteiger charge is -2.24. The molecular weight excluding hydrogens is 545 g/mol. The number of phosphoric ester groups is 1. The molecule has 0 aliphatic heterocycles. The van der Waals surface area contributed by atoms with E-state index in [1.54, 1.807) is 0 Å². The zero-order valence-electron chi connectivity index (χ0n) is 27.0. The van der Waals surface area contributed by atoms with Crippen molar-refractivity contribution in [3.05, 3.63) is 0 Å². The second-order valence-electron chi connectivity index (χ2n) is 12.2. The zero-order chi connectivity index (χ0) is 30.8. The first-order valence-corrected chi connectivity index (χ1v) is 17.8. The van der Waals surface area contributed by atoms with Crippen LogP contribution in [0.25, 0.3) is 0 Å². The molecule has 2 unspecified atom stereocenters. The molecule has 0 amide bonds. The third-order valence-corrected chi connectivity index (χ3v) is 7.87. The van der Waals surface area contributed by atoms with Gasteiger partial charge in [0.1, 0.15) is 19.8 Å². The molecule has 9 nitrogen and oxygen atoms in total. The molecule has 0 aromatic heterocycles. The van der Waals surface area contributed by atoms with E-state index >= 15 is 0 Å². The van der Waals surface area contributed by atoms with Crippen LogP contribution >= 0.6 is 7.82 Å². The molecule has 1 N–H and O–H groups in total. The van der Waals surface area contributed by atoms with Crippen LogP contribution in [-0.4, -0.2) is 74.9 Å². The lowest BCUT2D eigenvalue weighted by atomic mass is 10.1. The topological polar surface area (TPSA) is 108 Å². The molecule has 0 aromatic carbocycles. The maximum atomic E-state index is 12.5. The standard InChI is InChI=1S/C31H62NO8P/c1-6-8-10-12-14-15-16-17-18-20-22-24-31(34)40-29(27-37-30(33)23-21-19-13-11-9-7-2)28-39-41(35,36)38-26-25-32(3,4)5/h29H,6-28H2,1-5H3/p+1. The van der Waals surface area contributed by atoms with Gasteiger partial charge in [-0.15, -0.1) is 0 Å². The van der Waals surface area contributed by atoms with Crippen LogP contribution in [0.15, 0.2) is 0 Å². The van der Waals surface area contributed by atoms with Crippen molar-refractivity contribution in [3.63, 3.8) is 0 Å². The Morgan fingerprint density at radius 3 is 1.56 bits per heavy atom. The number of nitrogens with zero attached hydrogens (tertiary/aromatic N) is 1. The van der Waals surface area contributed by atoms with Gasteiger partial charge in [-0.2, -0.15) is 0 Å². The average Bonchev–Trinajstić information content (AvgIpc) is 2.90. The summed E-state index contributed by atoms with van der Waals surface area (Å²) in [5.41, 5.74) is 0.